The number of phenolic OH excluding ortho intramolecular Hbond substituents is 1. The second-order valence-electron chi connectivity index (χ2n) is 12.0. The summed E-state index contributed by atoms with van der Waals surface area (Å²) < 4.78 is 58.0. The molecule has 42 heavy (non-hydrogen) atoms. The van der Waals surface area contributed by atoms with E-state index >= 15 is 0 Å². The molecule has 0 fully saturated rings. The highest BCUT2D eigenvalue weighted by molar-refractivity contribution is 7.72. The molecule has 11 heteroatoms. The van der Waals surface area contributed by atoms with E-state index in [9.17, 15) is 14.2 Å². The summed E-state index contributed by atoms with van der Waals surface area (Å²) in [6.45, 7) is 19.3. The molecule has 1 unspecified atom stereocenters. The summed E-state index contributed by atoms with van der Waals surface area (Å²) in [6, 6.07) is 9.95. The first kappa shape index (κ1) is 36.3. The fourth-order valence-electron chi connectivity index (χ4n) is 4.70. The van der Waals surface area contributed by atoms with Crippen LogP contribution in [-0.2, 0) is 38.1 Å². The van der Waals surface area contributed by atoms with Crippen molar-refractivity contribution in [3.63, 3.8) is 0 Å². The molecule has 2 aromatic carbocycles. The molecule has 0 radical (unpaired) electrons. The maximum absolute atomic E-state index is 14.7. The number of rotatable bonds is 15. The van der Waals surface area contributed by atoms with Gasteiger partial charge in [-0.3, -0.25) is 9.13 Å². The molecule has 9 nitrogen and oxygen atoms in total. The Balaban J connectivity index is 3.02. The van der Waals surface area contributed by atoms with Gasteiger partial charge in [-0.05, 0) is 67.9 Å². The van der Waals surface area contributed by atoms with E-state index in [1.54, 1.807) is 59.1 Å². The largest absolute Gasteiger partial charge is 0.505 e. The number of benzene rings is 2. The van der Waals surface area contributed by atoms with E-state index in [1.807, 2.05) is 32.9 Å². The van der Waals surface area contributed by atoms with Crippen molar-refractivity contribution in [2.45, 2.75) is 91.5 Å². The molecule has 0 saturated carbocycles. The minimum absolute atomic E-state index is 0.0399. The Kier molecular flexibility index (Phi) is 12.8. The van der Waals surface area contributed by atoms with Crippen molar-refractivity contribution in [3.05, 3.63) is 53.1 Å². The lowest BCUT2D eigenvalue weighted by Crippen LogP contribution is -2.30. The topological polar surface area (TPSA) is 113 Å². The predicted molar refractivity (Wildman–Crippen MR) is 170 cm³/mol. The Morgan fingerprint density at radius 2 is 1.21 bits per heavy atom. The molecule has 0 aliphatic rings. The maximum atomic E-state index is 14.7. The van der Waals surface area contributed by atoms with Crippen LogP contribution in [-0.4, -0.2) is 44.0 Å². The standard InChI is InChI=1S/C31H51NO8P2/c1-12-37-41(34,38-13-2)29(42(35,39-14-3)40-15-4)27(22-16-18-24(36-11)19-17-22)32-26-21-23(30(5,6)7)20-25(28(26)33)31(8,9)10/h16-21,27,29,32-33H,12-15H2,1-11H3. The van der Waals surface area contributed by atoms with Gasteiger partial charge in [-0.25, -0.2) is 0 Å². The normalized spacial score (nSPS) is 13.8. The Labute approximate surface area is 252 Å². The van der Waals surface area contributed by atoms with Gasteiger partial charge in [0.05, 0.1) is 45.3 Å². The van der Waals surface area contributed by atoms with Crippen molar-refractivity contribution in [3.8, 4) is 11.5 Å². The number of hydrogen-bond acceptors (Lipinski definition) is 9. The Morgan fingerprint density at radius 1 is 0.762 bits per heavy atom. The lowest BCUT2D eigenvalue weighted by atomic mass is 9.79. The monoisotopic (exact) mass is 627 g/mol. The SMILES string of the molecule is CCOP(=O)(OCC)C(C(Nc1cc(C(C)(C)C)cc(C(C)(C)C)c1O)c1ccc(OC)cc1)P(=O)(OCC)OCC. The average molecular weight is 628 g/mol. The lowest BCUT2D eigenvalue weighted by molar-refractivity contribution is 0.192. The third-order valence-electron chi connectivity index (χ3n) is 6.75. The summed E-state index contributed by atoms with van der Waals surface area (Å²) in [7, 11) is -6.80. The van der Waals surface area contributed by atoms with E-state index in [-0.39, 0.29) is 37.6 Å². The van der Waals surface area contributed by atoms with Crippen LogP contribution < -0.4 is 10.1 Å². The molecule has 2 rings (SSSR count). The zero-order valence-electron chi connectivity index (χ0n) is 27.1. The Morgan fingerprint density at radius 3 is 1.57 bits per heavy atom. The van der Waals surface area contributed by atoms with E-state index in [4.69, 9.17) is 22.8 Å². The van der Waals surface area contributed by atoms with Gasteiger partial charge in [-0.2, -0.15) is 0 Å². The van der Waals surface area contributed by atoms with Gasteiger partial charge < -0.3 is 33.3 Å². The van der Waals surface area contributed by atoms with Gasteiger partial charge in [0.15, 0.2) is 5.40 Å². The van der Waals surface area contributed by atoms with Crippen LogP contribution in [0.5, 0.6) is 11.5 Å². The second kappa shape index (κ2) is 14.7. The molecule has 2 aromatic rings. The highest BCUT2D eigenvalue weighted by Gasteiger charge is 2.56. The first-order chi connectivity index (χ1) is 19.5. The van der Waals surface area contributed by atoms with Crippen LogP contribution in [0.25, 0.3) is 0 Å². The molecule has 0 saturated heterocycles. The van der Waals surface area contributed by atoms with Crippen molar-refractivity contribution in [2.24, 2.45) is 0 Å². The smallest absolute Gasteiger partial charge is 0.348 e. The predicted octanol–water partition coefficient (Wildman–Crippen LogP) is 9.01. The summed E-state index contributed by atoms with van der Waals surface area (Å²) in [5.74, 6) is 0.648. The minimum atomic E-state index is -4.18. The summed E-state index contributed by atoms with van der Waals surface area (Å²) in [5, 5.41) is 13.6. The number of aromatic hydroxyl groups is 1. The fraction of sp³-hybridized carbons (Fsp3) is 0.613. The van der Waals surface area contributed by atoms with Crippen molar-refractivity contribution in [2.75, 3.05) is 38.9 Å². The fourth-order valence-corrected chi connectivity index (χ4v) is 10.3. The van der Waals surface area contributed by atoms with E-state index in [0.29, 0.717) is 17.0 Å². The molecule has 0 amide bonds. The van der Waals surface area contributed by atoms with Gasteiger partial charge in [-0.15, -0.1) is 0 Å². The first-order valence-corrected chi connectivity index (χ1v) is 17.8. The van der Waals surface area contributed by atoms with Gasteiger partial charge in [0.25, 0.3) is 0 Å². The molecular formula is C31H51NO8P2. The van der Waals surface area contributed by atoms with Crippen LogP contribution in [0.2, 0.25) is 0 Å². The number of phenols is 1. The number of methoxy groups -OCH3 is 1. The number of hydrogen-bond donors (Lipinski definition) is 2. The second-order valence-corrected chi connectivity index (χ2v) is 16.7. The van der Waals surface area contributed by atoms with E-state index in [1.165, 1.54) is 0 Å². The van der Waals surface area contributed by atoms with Gasteiger partial charge in [0.2, 0.25) is 0 Å². The molecule has 1 atom stereocenters. The molecular weight excluding hydrogens is 576 g/mol. The number of ether oxygens (including phenoxy) is 1. The lowest BCUT2D eigenvalue weighted by Gasteiger charge is -2.37. The average Bonchev–Trinajstić information content (AvgIpc) is 2.88. The molecule has 0 bridgehead atoms. The Hall–Kier alpha value is -1.86. The molecule has 0 heterocycles. The summed E-state index contributed by atoms with van der Waals surface area (Å²) in [6.07, 6.45) is 0. The molecule has 0 spiro atoms. The van der Waals surface area contributed by atoms with Gasteiger partial charge in [-0.1, -0.05) is 59.7 Å². The van der Waals surface area contributed by atoms with Crippen LogP contribution >= 0.6 is 15.2 Å². The van der Waals surface area contributed by atoms with Gasteiger partial charge in [0.1, 0.15) is 11.5 Å². The van der Waals surface area contributed by atoms with Crippen molar-refractivity contribution >= 4 is 20.9 Å². The first-order valence-electron chi connectivity index (χ1n) is 14.6. The van der Waals surface area contributed by atoms with Crippen LogP contribution in [0, 0.1) is 0 Å². The van der Waals surface area contributed by atoms with Crippen molar-refractivity contribution in [1.29, 1.82) is 0 Å². The van der Waals surface area contributed by atoms with Crippen LogP contribution in [0.4, 0.5) is 5.69 Å². The van der Waals surface area contributed by atoms with Crippen LogP contribution in [0.15, 0.2) is 36.4 Å². The molecule has 238 valence electrons. The van der Waals surface area contributed by atoms with E-state index in [0.717, 1.165) is 11.1 Å². The van der Waals surface area contributed by atoms with Crippen molar-refractivity contribution in [1.82, 2.24) is 0 Å². The zero-order valence-corrected chi connectivity index (χ0v) is 28.9. The zero-order chi connectivity index (χ0) is 31.9. The molecule has 0 aliphatic heterocycles. The highest BCUT2D eigenvalue weighted by Crippen LogP contribution is 2.74. The van der Waals surface area contributed by atoms with E-state index in [2.05, 4.69) is 26.1 Å². The van der Waals surface area contributed by atoms with Gasteiger partial charge >= 0.3 is 15.2 Å². The van der Waals surface area contributed by atoms with E-state index < -0.39 is 32.0 Å². The van der Waals surface area contributed by atoms with Crippen molar-refractivity contribution < 1.29 is 37.1 Å². The minimum Gasteiger partial charge on any atom is -0.505 e. The summed E-state index contributed by atoms with van der Waals surface area (Å²) >= 11 is 0. The van der Waals surface area contributed by atoms with Gasteiger partial charge in [0, 0.05) is 5.56 Å². The third-order valence-corrected chi connectivity index (χ3v) is 12.8. The molecule has 0 aliphatic carbocycles. The highest BCUT2D eigenvalue weighted by atomic mass is 31.2. The number of nitrogens with one attached hydrogen (secondary N) is 1. The summed E-state index contributed by atoms with van der Waals surface area (Å²) in [5.41, 5.74) is 2.05. The number of anilines is 1. The van der Waals surface area contributed by atoms with Crippen LogP contribution in [0.3, 0.4) is 0 Å². The molecule has 2 N–H and O–H groups in total. The summed E-state index contributed by atoms with van der Waals surface area (Å²) in [4.78, 5) is 0. The quantitative estimate of drug-likeness (QED) is 0.148. The maximum Gasteiger partial charge on any atom is 0.348 e. The Bertz CT molecular complexity index is 1200. The molecule has 0 aromatic heterocycles. The third kappa shape index (κ3) is 8.62. The van der Waals surface area contributed by atoms with Crippen LogP contribution in [0.1, 0.15) is 92.0 Å².